The molecule has 0 fully saturated rings. The number of ether oxygens (including phenoxy) is 2. The maximum absolute atomic E-state index is 12.0. The molecule has 0 amide bonds. The smallest absolute Gasteiger partial charge is 0.360 e. The molecule has 2 rings (SSSR count). The Morgan fingerprint density at radius 1 is 1.00 bits per heavy atom. The molecule has 0 saturated heterocycles. The second-order valence-corrected chi connectivity index (χ2v) is 5.02. The molecule has 5 heteroatoms. The molecule has 0 aliphatic heterocycles. The van der Waals surface area contributed by atoms with E-state index in [1.54, 1.807) is 6.07 Å². The average Bonchev–Trinajstić information content (AvgIpc) is 2.64. The Balaban J connectivity index is 2.29. The fourth-order valence-electron chi connectivity index (χ4n) is 2.35. The van der Waals surface area contributed by atoms with Gasteiger partial charge in [-0.2, -0.15) is 0 Å². The van der Waals surface area contributed by atoms with Crippen molar-refractivity contribution in [2.24, 2.45) is 5.16 Å². The van der Waals surface area contributed by atoms with E-state index in [4.69, 9.17) is 14.3 Å². The fraction of sp³-hybridized carbons (Fsp3) is 0.263. The van der Waals surface area contributed by atoms with Crippen molar-refractivity contribution >= 4 is 11.7 Å². The zero-order valence-corrected chi connectivity index (χ0v) is 14.1. The average molecular weight is 327 g/mol. The Morgan fingerprint density at radius 3 is 2.33 bits per heavy atom. The van der Waals surface area contributed by atoms with Crippen molar-refractivity contribution in [2.45, 2.75) is 20.0 Å². The van der Waals surface area contributed by atoms with Crippen molar-refractivity contribution in [1.29, 1.82) is 0 Å². The number of oxime groups is 1. The van der Waals surface area contributed by atoms with E-state index >= 15 is 0 Å². The molecule has 0 aliphatic carbocycles. The number of para-hydroxylation sites is 1. The van der Waals surface area contributed by atoms with Crippen LogP contribution < -0.4 is 4.74 Å². The van der Waals surface area contributed by atoms with Crippen LogP contribution in [0.2, 0.25) is 0 Å². The third kappa shape index (κ3) is 4.13. The lowest BCUT2D eigenvalue weighted by Crippen LogP contribution is -2.19. The summed E-state index contributed by atoms with van der Waals surface area (Å²) in [6.45, 7) is 2.39. The number of esters is 1. The van der Waals surface area contributed by atoms with Gasteiger partial charge < -0.3 is 14.3 Å². The van der Waals surface area contributed by atoms with E-state index in [9.17, 15) is 4.79 Å². The molecule has 2 aromatic rings. The van der Waals surface area contributed by atoms with E-state index < -0.39 is 5.97 Å². The normalized spacial score (nSPS) is 11.0. The first-order valence-electron chi connectivity index (χ1n) is 7.69. The summed E-state index contributed by atoms with van der Waals surface area (Å²) < 4.78 is 10.7. The molecule has 0 atom stereocenters. The summed E-state index contributed by atoms with van der Waals surface area (Å²) in [5.41, 5.74) is 2.70. The fourth-order valence-corrected chi connectivity index (χ4v) is 2.35. The minimum absolute atomic E-state index is 0.114. The van der Waals surface area contributed by atoms with E-state index in [1.807, 2.05) is 42.5 Å². The summed E-state index contributed by atoms with van der Waals surface area (Å²) in [6, 6.07) is 15.3. The predicted octanol–water partition coefficient (Wildman–Crippen LogP) is 3.35. The number of carbonyl (C=O) groups excluding carboxylic acids is 1. The summed E-state index contributed by atoms with van der Waals surface area (Å²) in [5.74, 6) is 0.274. The lowest BCUT2D eigenvalue weighted by Gasteiger charge is -2.13. The topological polar surface area (TPSA) is 57.1 Å². The van der Waals surface area contributed by atoms with Crippen LogP contribution in [-0.2, 0) is 27.4 Å². The first-order chi connectivity index (χ1) is 11.7. The first-order valence-corrected chi connectivity index (χ1v) is 7.69. The molecule has 2 aromatic carbocycles. The molecule has 0 unspecified atom stereocenters. The van der Waals surface area contributed by atoms with Gasteiger partial charge in [-0.25, -0.2) is 4.79 Å². The Bertz CT molecular complexity index is 725. The van der Waals surface area contributed by atoms with Gasteiger partial charge in [0, 0.05) is 5.56 Å². The van der Waals surface area contributed by atoms with E-state index in [0.717, 1.165) is 23.3 Å². The minimum atomic E-state index is -0.557. The third-order valence-electron chi connectivity index (χ3n) is 3.57. The van der Waals surface area contributed by atoms with Crippen LogP contribution in [0.1, 0.15) is 23.6 Å². The maximum Gasteiger partial charge on any atom is 0.360 e. The van der Waals surface area contributed by atoms with Gasteiger partial charge in [-0.1, -0.05) is 54.5 Å². The highest BCUT2D eigenvalue weighted by Crippen LogP contribution is 2.21. The van der Waals surface area contributed by atoms with Gasteiger partial charge in [-0.15, -0.1) is 0 Å². The number of hydrogen-bond acceptors (Lipinski definition) is 5. The van der Waals surface area contributed by atoms with Gasteiger partial charge in [0.1, 0.15) is 19.5 Å². The molecule has 5 nitrogen and oxygen atoms in total. The van der Waals surface area contributed by atoms with E-state index in [1.165, 1.54) is 14.2 Å². The molecule has 0 heterocycles. The van der Waals surface area contributed by atoms with Gasteiger partial charge in [-0.3, -0.25) is 0 Å². The summed E-state index contributed by atoms with van der Waals surface area (Å²) in [6.07, 6.45) is 0.885. The minimum Gasteiger partial charge on any atom is -0.489 e. The Morgan fingerprint density at radius 2 is 1.67 bits per heavy atom. The summed E-state index contributed by atoms with van der Waals surface area (Å²) in [4.78, 5) is 16.7. The molecule has 0 bridgehead atoms. The third-order valence-corrected chi connectivity index (χ3v) is 3.57. The highest BCUT2D eigenvalue weighted by atomic mass is 16.6. The Kier molecular flexibility index (Phi) is 6.37. The van der Waals surface area contributed by atoms with Crippen LogP contribution in [0.25, 0.3) is 0 Å². The monoisotopic (exact) mass is 327 g/mol. The Labute approximate surface area is 141 Å². The van der Waals surface area contributed by atoms with Gasteiger partial charge in [0.05, 0.1) is 7.11 Å². The van der Waals surface area contributed by atoms with Crippen molar-refractivity contribution in [3.63, 3.8) is 0 Å². The molecule has 0 spiro atoms. The van der Waals surface area contributed by atoms with E-state index in [2.05, 4.69) is 12.1 Å². The molecular formula is C19H21NO4. The number of nitrogens with zero attached hydrogens (tertiary/aromatic N) is 1. The summed E-state index contributed by atoms with van der Waals surface area (Å²) in [5, 5.41) is 3.80. The van der Waals surface area contributed by atoms with Gasteiger partial charge in [0.15, 0.2) is 5.71 Å². The molecular weight excluding hydrogens is 306 g/mol. The molecule has 0 aliphatic rings. The first kappa shape index (κ1) is 17.5. The maximum atomic E-state index is 12.0. The van der Waals surface area contributed by atoms with Gasteiger partial charge in [0.25, 0.3) is 0 Å². The molecule has 0 radical (unpaired) electrons. The largest absolute Gasteiger partial charge is 0.489 e. The van der Waals surface area contributed by atoms with Gasteiger partial charge in [-0.05, 0) is 23.6 Å². The summed E-state index contributed by atoms with van der Waals surface area (Å²) in [7, 11) is 2.70. The van der Waals surface area contributed by atoms with Crippen molar-refractivity contribution in [3.8, 4) is 5.75 Å². The van der Waals surface area contributed by atoms with Crippen LogP contribution in [0.4, 0.5) is 0 Å². The lowest BCUT2D eigenvalue weighted by atomic mass is 10.0. The van der Waals surface area contributed by atoms with Crippen LogP contribution in [0.5, 0.6) is 5.75 Å². The van der Waals surface area contributed by atoms with Gasteiger partial charge >= 0.3 is 5.97 Å². The quantitative estimate of drug-likeness (QED) is 0.444. The zero-order chi connectivity index (χ0) is 17.4. The number of carbonyl (C=O) groups is 1. The zero-order valence-electron chi connectivity index (χ0n) is 14.1. The van der Waals surface area contributed by atoms with Crippen molar-refractivity contribution < 1.29 is 19.1 Å². The molecule has 0 aromatic heterocycles. The van der Waals surface area contributed by atoms with Crippen molar-refractivity contribution in [2.75, 3.05) is 14.2 Å². The highest BCUT2D eigenvalue weighted by Gasteiger charge is 2.19. The second kappa shape index (κ2) is 8.72. The number of hydrogen-bond donors (Lipinski definition) is 0. The Hall–Kier alpha value is -2.82. The van der Waals surface area contributed by atoms with Crippen LogP contribution >= 0.6 is 0 Å². The molecule has 24 heavy (non-hydrogen) atoms. The van der Waals surface area contributed by atoms with Crippen LogP contribution in [0, 0.1) is 0 Å². The standard InChI is InChI=1S/C19H21NO4/c1-4-14-9-6-8-12-17(14)24-13-15-10-5-7-11-16(15)18(20-23-3)19(21)22-2/h5-12H,4,13H2,1-3H3. The molecule has 0 saturated carbocycles. The lowest BCUT2D eigenvalue weighted by molar-refractivity contribution is -0.132. The second-order valence-electron chi connectivity index (χ2n) is 5.02. The number of rotatable bonds is 7. The molecule has 126 valence electrons. The van der Waals surface area contributed by atoms with Gasteiger partial charge in [0.2, 0.25) is 0 Å². The van der Waals surface area contributed by atoms with Crippen molar-refractivity contribution in [3.05, 3.63) is 65.2 Å². The van der Waals surface area contributed by atoms with Crippen LogP contribution in [0.15, 0.2) is 53.7 Å². The number of aryl methyl sites for hydroxylation is 1. The van der Waals surface area contributed by atoms with Crippen molar-refractivity contribution in [1.82, 2.24) is 0 Å². The van der Waals surface area contributed by atoms with Crippen LogP contribution in [0.3, 0.4) is 0 Å². The van der Waals surface area contributed by atoms with E-state index in [-0.39, 0.29) is 5.71 Å². The highest BCUT2D eigenvalue weighted by molar-refractivity contribution is 6.43. The number of benzene rings is 2. The SMILES string of the molecule is CCc1ccccc1OCc1ccccc1C(=NOC)C(=O)OC. The van der Waals surface area contributed by atoms with E-state index in [0.29, 0.717) is 12.2 Å². The number of methoxy groups -OCH3 is 1. The molecule has 0 N–H and O–H groups in total. The summed E-state index contributed by atoms with van der Waals surface area (Å²) >= 11 is 0. The van der Waals surface area contributed by atoms with Crippen LogP contribution in [-0.4, -0.2) is 25.9 Å². The predicted molar refractivity (Wildman–Crippen MR) is 92.2 cm³/mol.